The number of carbonyl (C=O) groups is 1. The maximum absolute atomic E-state index is 11.8. The lowest BCUT2D eigenvalue weighted by atomic mass is 10.2. The minimum atomic E-state index is -0.305. The van der Waals surface area contributed by atoms with E-state index in [0.717, 1.165) is 16.3 Å². The number of hydrogen-bond acceptors (Lipinski definition) is 4. The predicted octanol–water partition coefficient (Wildman–Crippen LogP) is 3.61. The zero-order valence-corrected chi connectivity index (χ0v) is 11.9. The number of nitrogens with zero attached hydrogens (tertiary/aromatic N) is 2. The Morgan fingerprint density at radius 1 is 1.21 bits per heavy atom. The van der Waals surface area contributed by atoms with Crippen molar-refractivity contribution in [2.24, 2.45) is 0 Å². The van der Waals surface area contributed by atoms with Crippen LogP contribution in [0.4, 0.5) is 15.6 Å². The van der Waals surface area contributed by atoms with Crippen LogP contribution in [0.25, 0.3) is 0 Å². The van der Waals surface area contributed by atoms with E-state index in [1.807, 2.05) is 45.0 Å². The quantitative estimate of drug-likeness (QED) is 0.899. The maximum Gasteiger partial charge on any atom is 0.325 e. The van der Waals surface area contributed by atoms with Gasteiger partial charge >= 0.3 is 6.03 Å². The Labute approximate surface area is 116 Å². The van der Waals surface area contributed by atoms with E-state index in [9.17, 15) is 4.79 Å². The lowest BCUT2D eigenvalue weighted by Crippen LogP contribution is -2.19. The molecule has 2 amide bonds. The first-order valence-electron chi connectivity index (χ1n) is 6.03. The van der Waals surface area contributed by atoms with E-state index >= 15 is 0 Å². The minimum absolute atomic E-state index is 0.305. The molecule has 6 heteroatoms. The van der Waals surface area contributed by atoms with Crippen molar-refractivity contribution < 1.29 is 4.79 Å². The molecule has 0 aliphatic rings. The number of hydrogen-bond donors (Lipinski definition) is 2. The standard InChI is InChI=1S/C13H16N4OS/c1-8(2)11-16-17-13(19-11)15-12(18)14-10-7-5-4-6-9(10)3/h4-8H,1-3H3,(H2,14,15,17,18). The van der Waals surface area contributed by atoms with E-state index in [0.29, 0.717) is 11.0 Å². The van der Waals surface area contributed by atoms with Gasteiger partial charge in [-0.05, 0) is 18.6 Å². The van der Waals surface area contributed by atoms with Crippen molar-refractivity contribution in [2.75, 3.05) is 10.6 Å². The lowest BCUT2D eigenvalue weighted by Gasteiger charge is -2.07. The third kappa shape index (κ3) is 3.51. The Balaban J connectivity index is 1.99. The molecule has 100 valence electrons. The first kappa shape index (κ1) is 13.5. The van der Waals surface area contributed by atoms with Crippen molar-refractivity contribution in [3.05, 3.63) is 34.8 Å². The summed E-state index contributed by atoms with van der Waals surface area (Å²) in [4.78, 5) is 11.8. The van der Waals surface area contributed by atoms with Crippen molar-refractivity contribution in [3.63, 3.8) is 0 Å². The molecular weight excluding hydrogens is 260 g/mol. The Morgan fingerprint density at radius 3 is 2.58 bits per heavy atom. The van der Waals surface area contributed by atoms with Crippen LogP contribution in [0.5, 0.6) is 0 Å². The first-order chi connectivity index (χ1) is 9.06. The highest BCUT2D eigenvalue weighted by Crippen LogP contribution is 2.22. The van der Waals surface area contributed by atoms with Crippen LogP contribution in [0.3, 0.4) is 0 Å². The third-order valence-electron chi connectivity index (χ3n) is 2.55. The highest BCUT2D eigenvalue weighted by molar-refractivity contribution is 7.15. The third-order valence-corrected chi connectivity index (χ3v) is 3.69. The van der Waals surface area contributed by atoms with Crippen LogP contribution in [0.1, 0.15) is 30.3 Å². The van der Waals surface area contributed by atoms with Gasteiger partial charge in [0.05, 0.1) is 0 Å². The Bertz CT molecular complexity index is 580. The molecule has 0 unspecified atom stereocenters. The zero-order chi connectivity index (χ0) is 13.8. The SMILES string of the molecule is Cc1ccccc1NC(=O)Nc1nnc(C(C)C)s1. The number of carbonyl (C=O) groups excluding carboxylic acids is 1. The second-order valence-corrected chi connectivity index (χ2v) is 5.50. The van der Waals surface area contributed by atoms with Crippen molar-refractivity contribution in [3.8, 4) is 0 Å². The minimum Gasteiger partial charge on any atom is -0.307 e. The topological polar surface area (TPSA) is 66.9 Å². The van der Waals surface area contributed by atoms with E-state index in [2.05, 4.69) is 20.8 Å². The summed E-state index contributed by atoms with van der Waals surface area (Å²) >= 11 is 1.39. The zero-order valence-electron chi connectivity index (χ0n) is 11.1. The van der Waals surface area contributed by atoms with Crippen LogP contribution in [-0.2, 0) is 0 Å². The number of aromatic nitrogens is 2. The van der Waals surface area contributed by atoms with Crippen LogP contribution < -0.4 is 10.6 Å². The molecule has 0 spiro atoms. The van der Waals surface area contributed by atoms with Crippen LogP contribution in [0.15, 0.2) is 24.3 Å². The molecule has 0 radical (unpaired) electrons. The average Bonchev–Trinajstić information content (AvgIpc) is 2.80. The fourth-order valence-electron chi connectivity index (χ4n) is 1.48. The molecule has 0 saturated carbocycles. The molecule has 0 saturated heterocycles. The number of nitrogens with one attached hydrogen (secondary N) is 2. The van der Waals surface area contributed by atoms with E-state index in [1.54, 1.807) is 0 Å². The lowest BCUT2D eigenvalue weighted by molar-refractivity contribution is 0.262. The summed E-state index contributed by atoms with van der Waals surface area (Å²) in [5, 5.41) is 14.8. The molecule has 2 N–H and O–H groups in total. The molecule has 2 rings (SSSR count). The molecule has 19 heavy (non-hydrogen) atoms. The summed E-state index contributed by atoms with van der Waals surface area (Å²) in [5.41, 5.74) is 1.80. The fraction of sp³-hybridized carbons (Fsp3) is 0.308. The van der Waals surface area contributed by atoms with Crippen molar-refractivity contribution >= 4 is 28.2 Å². The number of aryl methyl sites for hydroxylation is 1. The summed E-state index contributed by atoms with van der Waals surface area (Å²) in [6, 6.07) is 7.30. The van der Waals surface area contributed by atoms with Crippen LogP contribution in [0.2, 0.25) is 0 Å². The van der Waals surface area contributed by atoms with Crippen molar-refractivity contribution in [2.45, 2.75) is 26.7 Å². The van der Waals surface area contributed by atoms with Crippen LogP contribution >= 0.6 is 11.3 Å². The largest absolute Gasteiger partial charge is 0.325 e. The molecule has 5 nitrogen and oxygen atoms in total. The Hall–Kier alpha value is -1.95. The normalized spacial score (nSPS) is 10.5. The van der Waals surface area contributed by atoms with Gasteiger partial charge in [-0.3, -0.25) is 5.32 Å². The molecule has 0 fully saturated rings. The van der Waals surface area contributed by atoms with Gasteiger partial charge in [0.2, 0.25) is 5.13 Å². The molecule has 0 atom stereocenters. The Morgan fingerprint density at radius 2 is 1.95 bits per heavy atom. The van der Waals surface area contributed by atoms with Gasteiger partial charge in [0.15, 0.2) is 0 Å². The molecule has 0 bridgehead atoms. The van der Waals surface area contributed by atoms with Gasteiger partial charge in [0.25, 0.3) is 0 Å². The summed E-state index contributed by atoms with van der Waals surface area (Å²) in [6.45, 7) is 6.02. The van der Waals surface area contributed by atoms with Gasteiger partial charge in [-0.15, -0.1) is 10.2 Å². The second-order valence-electron chi connectivity index (χ2n) is 4.49. The van der Waals surface area contributed by atoms with E-state index in [4.69, 9.17) is 0 Å². The van der Waals surface area contributed by atoms with Gasteiger partial charge < -0.3 is 5.32 Å². The molecule has 1 aromatic heterocycles. The number of amides is 2. The fourth-order valence-corrected chi connectivity index (χ4v) is 2.22. The molecule has 0 aliphatic carbocycles. The number of para-hydroxylation sites is 1. The van der Waals surface area contributed by atoms with Gasteiger partial charge in [0, 0.05) is 11.6 Å². The van der Waals surface area contributed by atoms with Gasteiger partial charge in [-0.25, -0.2) is 4.79 Å². The van der Waals surface area contributed by atoms with Crippen LogP contribution in [-0.4, -0.2) is 16.2 Å². The molecule has 1 heterocycles. The van der Waals surface area contributed by atoms with E-state index in [-0.39, 0.29) is 6.03 Å². The number of rotatable bonds is 3. The van der Waals surface area contributed by atoms with E-state index < -0.39 is 0 Å². The summed E-state index contributed by atoms with van der Waals surface area (Å²) in [7, 11) is 0. The highest BCUT2D eigenvalue weighted by atomic mass is 32.1. The van der Waals surface area contributed by atoms with Gasteiger partial charge in [-0.1, -0.05) is 43.4 Å². The summed E-state index contributed by atoms with van der Waals surface area (Å²) in [5.74, 6) is 0.312. The van der Waals surface area contributed by atoms with Crippen molar-refractivity contribution in [1.29, 1.82) is 0 Å². The molecule has 2 aromatic rings. The average molecular weight is 276 g/mol. The second kappa shape index (κ2) is 5.79. The molecular formula is C13H16N4OS. The highest BCUT2D eigenvalue weighted by Gasteiger charge is 2.10. The smallest absolute Gasteiger partial charge is 0.307 e. The number of anilines is 2. The summed E-state index contributed by atoms with van der Waals surface area (Å²) in [6.07, 6.45) is 0. The van der Waals surface area contributed by atoms with Crippen LogP contribution in [0, 0.1) is 6.92 Å². The number of urea groups is 1. The summed E-state index contributed by atoms with van der Waals surface area (Å²) < 4.78 is 0. The number of benzene rings is 1. The Kier molecular flexibility index (Phi) is 4.11. The first-order valence-corrected chi connectivity index (χ1v) is 6.85. The molecule has 0 aliphatic heterocycles. The van der Waals surface area contributed by atoms with E-state index in [1.165, 1.54) is 11.3 Å². The van der Waals surface area contributed by atoms with Gasteiger partial charge in [0.1, 0.15) is 5.01 Å². The van der Waals surface area contributed by atoms with Crippen molar-refractivity contribution in [1.82, 2.24) is 10.2 Å². The maximum atomic E-state index is 11.8. The predicted molar refractivity (Wildman–Crippen MR) is 77.8 cm³/mol. The van der Waals surface area contributed by atoms with Gasteiger partial charge in [-0.2, -0.15) is 0 Å². The molecule has 1 aromatic carbocycles. The monoisotopic (exact) mass is 276 g/mol.